The number of aliphatic hydroxyl groups is 11. The maximum Gasteiger partial charge on any atom is 0.187 e. The summed E-state index contributed by atoms with van der Waals surface area (Å²) in [5, 5.41) is 117. The molecule has 26 unspecified atom stereocenters. The fraction of sp³-hybridized carbons (Fsp3) is 0.909. The molecular formula is C44H74O19. The first-order valence-electron chi connectivity index (χ1n) is 22.4. The van der Waals surface area contributed by atoms with Crippen molar-refractivity contribution >= 4 is 0 Å². The number of allylic oxidation sites excluding steroid dienone is 1. The predicted molar refractivity (Wildman–Crippen MR) is 219 cm³/mol. The summed E-state index contributed by atoms with van der Waals surface area (Å²) < 4.78 is 48.2. The van der Waals surface area contributed by atoms with Gasteiger partial charge in [0.05, 0.1) is 36.6 Å². The molecule has 4 saturated heterocycles. The highest BCUT2D eigenvalue weighted by Crippen LogP contribution is 2.63. The summed E-state index contributed by atoms with van der Waals surface area (Å²) in [6, 6.07) is 0. The third kappa shape index (κ3) is 9.59. The Balaban J connectivity index is 1.13. The Kier molecular flexibility index (Phi) is 16.0. The lowest BCUT2D eigenvalue weighted by atomic mass is 9.45. The van der Waals surface area contributed by atoms with Crippen LogP contribution in [-0.2, 0) is 37.9 Å². The molecule has 364 valence electrons. The van der Waals surface area contributed by atoms with Gasteiger partial charge < -0.3 is 94.1 Å². The summed E-state index contributed by atoms with van der Waals surface area (Å²) >= 11 is 0. The molecule has 0 spiro atoms. The molecule has 0 amide bonds. The van der Waals surface area contributed by atoms with Crippen LogP contribution in [0.4, 0.5) is 0 Å². The van der Waals surface area contributed by atoms with E-state index < -0.39 is 147 Å². The zero-order valence-corrected chi connectivity index (χ0v) is 37.6. The normalized spacial score (nSPS) is 52.9. The Morgan fingerprint density at radius 2 is 1.22 bits per heavy atom. The summed E-state index contributed by atoms with van der Waals surface area (Å²) in [4.78, 5) is 0. The average Bonchev–Trinajstić information content (AvgIpc) is 3.24. The third-order valence-corrected chi connectivity index (χ3v) is 15.7. The first-order chi connectivity index (χ1) is 29.4. The van der Waals surface area contributed by atoms with E-state index in [1.54, 1.807) is 19.9 Å². The molecule has 19 heteroatoms. The number of aliphatic hydroxyl groups excluding tert-OH is 11. The molecule has 4 aliphatic heterocycles. The lowest BCUT2D eigenvalue weighted by molar-refractivity contribution is -0.364. The van der Waals surface area contributed by atoms with E-state index in [1.807, 2.05) is 6.92 Å². The van der Waals surface area contributed by atoms with E-state index in [9.17, 15) is 56.2 Å². The van der Waals surface area contributed by atoms with Gasteiger partial charge in [0.2, 0.25) is 0 Å². The first kappa shape index (κ1) is 51.1. The minimum atomic E-state index is -1.72. The predicted octanol–water partition coefficient (Wildman–Crippen LogP) is -1.15. The van der Waals surface area contributed by atoms with Crippen LogP contribution in [0.3, 0.4) is 0 Å². The average molecular weight is 907 g/mol. The van der Waals surface area contributed by atoms with Crippen LogP contribution in [0.15, 0.2) is 24.3 Å². The van der Waals surface area contributed by atoms with Gasteiger partial charge in [0, 0.05) is 5.41 Å². The van der Waals surface area contributed by atoms with E-state index >= 15 is 0 Å². The number of ether oxygens (including phenoxy) is 8. The van der Waals surface area contributed by atoms with E-state index in [-0.39, 0.29) is 17.3 Å². The minimum absolute atomic E-state index is 0.0496. The molecule has 2 aliphatic carbocycles. The van der Waals surface area contributed by atoms with Crippen molar-refractivity contribution in [2.45, 2.75) is 222 Å². The lowest BCUT2D eigenvalue weighted by Gasteiger charge is -2.61. The number of rotatable bonds is 13. The van der Waals surface area contributed by atoms with Crippen LogP contribution in [0.25, 0.3) is 0 Å². The molecule has 26 atom stereocenters. The molecule has 19 nitrogen and oxygen atoms in total. The molecule has 63 heavy (non-hydrogen) atoms. The van der Waals surface area contributed by atoms with Crippen molar-refractivity contribution in [1.29, 1.82) is 0 Å². The van der Waals surface area contributed by atoms with E-state index in [4.69, 9.17) is 37.9 Å². The zero-order valence-electron chi connectivity index (χ0n) is 37.6. The zero-order chi connectivity index (χ0) is 46.7. The van der Waals surface area contributed by atoms with Crippen LogP contribution in [0, 0.1) is 22.7 Å². The first-order valence-corrected chi connectivity index (χ1v) is 22.4. The number of fused-ring (bicyclic) bond motifs is 1. The molecular weight excluding hydrogens is 832 g/mol. The number of hydrogen-bond acceptors (Lipinski definition) is 19. The fourth-order valence-electron chi connectivity index (χ4n) is 10.9. The van der Waals surface area contributed by atoms with Crippen LogP contribution in [0.1, 0.15) is 87.5 Å². The van der Waals surface area contributed by atoms with Crippen molar-refractivity contribution in [1.82, 2.24) is 0 Å². The second-order valence-corrected chi connectivity index (χ2v) is 19.7. The molecule has 0 radical (unpaired) electrons. The Morgan fingerprint density at radius 1 is 0.683 bits per heavy atom. The van der Waals surface area contributed by atoms with Crippen LogP contribution in [0.5, 0.6) is 0 Å². The molecule has 0 aromatic rings. The summed E-state index contributed by atoms with van der Waals surface area (Å²) in [5.74, 6) is 0.111. The molecule has 4 heterocycles. The highest BCUT2D eigenvalue weighted by molar-refractivity contribution is 5.24. The maximum absolute atomic E-state index is 11.5. The van der Waals surface area contributed by atoms with Gasteiger partial charge >= 0.3 is 0 Å². The topological polar surface area (TPSA) is 296 Å². The smallest absolute Gasteiger partial charge is 0.187 e. The van der Waals surface area contributed by atoms with Gasteiger partial charge in [0.15, 0.2) is 25.2 Å². The second kappa shape index (κ2) is 19.7. The van der Waals surface area contributed by atoms with Gasteiger partial charge in [-0.3, -0.25) is 0 Å². The van der Waals surface area contributed by atoms with E-state index in [1.165, 1.54) is 6.92 Å². The van der Waals surface area contributed by atoms with Crippen molar-refractivity contribution in [2.24, 2.45) is 22.7 Å². The molecule has 5 fully saturated rings. The molecule has 6 rings (SSSR count). The molecule has 11 N–H and O–H groups in total. The SMILES string of the molecule is C=CC(C)(CCC1(C)C(C)CC(OC2OC(C)C(OC3OC(CO)C(O)C(O)C3O)C(O)C2O)C2(C)C(C)=CCCC12)OC1OC(C)C(O)C(OC2OC(C)C(O)C(O)C2O)C1O. The van der Waals surface area contributed by atoms with E-state index in [2.05, 4.69) is 40.3 Å². The number of hydrogen-bond donors (Lipinski definition) is 11. The van der Waals surface area contributed by atoms with Crippen LogP contribution >= 0.6 is 0 Å². The highest BCUT2D eigenvalue weighted by Gasteiger charge is 2.60. The summed E-state index contributed by atoms with van der Waals surface area (Å²) in [6.07, 6.45) is -21.1. The largest absolute Gasteiger partial charge is 0.394 e. The van der Waals surface area contributed by atoms with Crippen molar-refractivity contribution < 1.29 is 94.1 Å². The van der Waals surface area contributed by atoms with Crippen molar-refractivity contribution in [3.63, 3.8) is 0 Å². The summed E-state index contributed by atoms with van der Waals surface area (Å²) in [7, 11) is 0. The fourth-order valence-corrected chi connectivity index (χ4v) is 10.9. The standard InChI is InChI=1S/C44H74O19/c1-10-42(7,63-41-35(55)37(27(47)21(5)57-41)62-39-32(52)29(49)26(46)20(4)56-39)14-15-43(8)19(3)16-25(44(9)18(2)12-11-13-24(43)44)60-38-34(54)31(51)36(22(6)58-38)61-40-33(53)30(50)28(48)23(17-45)59-40/h10,12,19-41,45-55H,1,11,13-17H2,2-9H3. The summed E-state index contributed by atoms with van der Waals surface area (Å²) in [6.45, 7) is 18.6. The van der Waals surface area contributed by atoms with E-state index in [0.717, 1.165) is 18.4 Å². The van der Waals surface area contributed by atoms with Gasteiger partial charge in [-0.15, -0.1) is 6.58 Å². The highest BCUT2D eigenvalue weighted by atomic mass is 16.8. The van der Waals surface area contributed by atoms with Crippen molar-refractivity contribution in [2.75, 3.05) is 6.61 Å². The maximum atomic E-state index is 11.5. The van der Waals surface area contributed by atoms with Crippen LogP contribution in [0.2, 0.25) is 0 Å². The minimum Gasteiger partial charge on any atom is -0.394 e. The van der Waals surface area contributed by atoms with Crippen molar-refractivity contribution in [3.8, 4) is 0 Å². The van der Waals surface area contributed by atoms with Gasteiger partial charge in [-0.2, -0.15) is 0 Å². The molecule has 0 bridgehead atoms. The van der Waals surface area contributed by atoms with Crippen LogP contribution in [-0.4, -0.2) is 197 Å². The molecule has 1 saturated carbocycles. The Hall–Kier alpha value is -1.28. The van der Waals surface area contributed by atoms with Gasteiger partial charge in [-0.25, -0.2) is 0 Å². The molecule has 0 aromatic heterocycles. The van der Waals surface area contributed by atoms with Gasteiger partial charge in [-0.1, -0.05) is 38.5 Å². The Labute approximate surface area is 369 Å². The molecule has 6 aliphatic rings. The Morgan fingerprint density at radius 3 is 1.86 bits per heavy atom. The quantitative estimate of drug-likeness (QED) is 0.0973. The lowest BCUT2D eigenvalue weighted by Crippen LogP contribution is -2.65. The Bertz CT molecular complexity index is 1570. The van der Waals surface area contributed by atoms with Crippen LogP contribution < -0.4 is 0 Å². The molecule has 0 aromatic carbocycles. The van der Waals surface area contributed by atoms with Crippen molar-refractivity contribution in [3.05, 3.63) is 24.3 Å². The summed E-state index contributed by atoms with van der Waals surface area (Å²) in [5.41, 5.74) is -0.787. The third-order valence-electron chi connectivity index (χ3n) is 15.7. The monoisotopic (exact) mass is 906 g/mol. The van der Waals surface area contributed by atoms with Gasteiger partial charge in [-0.05, 0) is 84.0 Å². The van der Waals surface area contributed by atoms with Gasteiger partial charge in [0.25, 0.3) is 0 Å². The van der Waals surface area contributed by atoms with Gasteiger partial charge in [0.1, 0.15) is 79.4 Å². The van der Waals surface area contributed by atoms with E-state index in [0.29, 0.717) is 19.3 Å². The second-order valence-electron chi connectivity index (χ2n) is 19.7.